The van der Waals surface area contributed by atoms with Gasteiger partial charge in [0.25, 0.3) is 0 Å². The predicted molar refractivity (Wildman–Crippen MR) is 109 cm³/mol. The number of benzene rings is 1. The molecule has 28 heavy (non-hydrogen) atoms. The fourth-order valence-corrected chi connectivity index (χ4v) is 3.11. The number of anilines is 1. The second-order valence-corrected chi connectivity index (χ2v) is 6.66. The van der Waals surface area contributed by atoms with Crippen LogP contribution in [0.5, 0.6) is 0 Å². The standard InChI is InChI=1S/C20H18ClN7/c1-2-13-6-5-7-14(23-13)11-28-12-19(26-27-28)18-10-17(24-20(22)25-18)15-8-3-4-9-16(15)21/h3-10,12H,2,11H2,1H3,(H2,22,24,25). The monoisotopic (exact) mass is 391 g/mol. The Morgan fingerprint density at radius 3 is 2.54 bits per heavy atom. The smallest absolute Gasteiger partial charge is 0.221 e. The Morgan fingerprint density at radius 2 is 1.71 bits per heavy atom. The van der Waals surface area contributed by atoms with Gasteiger partial charge in [0.05, 0.1) is 29.8 Å². The number of hydrogen-bond acceptors (Lipinski definition) is 6. The fraction of sp³-hybridized carbons (Fsp3) is 0.150. The predicted octanol–water partition coefficient (Wildman–Crippen LogP) is 3.64. The van der Waals surface area contributed by atoms with E-state index in [1.54, 1.807) is 4.68 Å². The zero-order valence-electron chi connectivity index (χ0n) is 15.2. The lowest BCUT2D eigenvalue weighted by Gasteiger charge is -2.06. The highest BCUT2D eigenvalue weighted by molar-refractivity contribution is 6.33. The maximum Gasteiger partial charge on any atom is 0.221 e. The van der Waals surface area contributed by atoms with Crippen molar-refractivity contribution in [3.05, 3.63) is 71.1 Å². The van der Waals surface area contributed by atoms with Crippen LogP contribution in [0.15, 0.2) is 54.7 Å². The van der Waals surface area contributed by atoms with E-state index in [0.717, 1.165) is 23.4 Å². The van der Waals surface area contributed by atoms with Gasteiger partial charge in [-0.3, -0.25) is 4.98 Å². The molecule has 0 aliphatic carbocycles. The van der Waals surface area contributed by atoms with Crippen molar-refractivity contribution in [2.24, 2.45) is 0 Å². The first-order chi connectivity index (χ1) is 13.6. The highest BCUT2D eigenvalue weighted by Crippen LogP contribution is 2.28. The van der Waals surface area contributed by atoms with E-state index in [-0.39, 0.29) is 5.95 Å². The quantitative estimate of drug-likeness (QED) is 0.558. The minimum Gasteiger partial charge on any atom is -0.368 e. The lowest BCUT2D eigenvalue weighted by Crippen LogP contribution is -2.03. The number of nitrogens with two attached hydrogens (primary N) is 1. The summed E-state index contributed by atoms with van der Waals surface area (Å²) in [7, 11) is 0. The van der Waals surface area contributed by atoms with Gasteiger partial charge in [0, 0.05) is 16.3 Å². The second-order valence-electron chi connectivity index (χ2n) is 6.25. The minimum absolute atomic E-state index is 0.152. The van der Waals surface area contributed by atoms with Crippen molar-refractivity contribution in [3.63, 3.8) is 0 Å². The van der Waals surface area contributed by atoms with Crippen LogP contribution in [-0.4, -0.2) is 29.9 Å². The normalized spacial score (nSPS) is 10.9. The largest absolute Gasteiger partial charge is 0.368 e. The molecule has 4 aromatic rings. The summed E-state index contributed by atoms with van der Waals surface area (Å²) in [5, 5.41) is 9.02. The molecule has 7 nitrogen and oxygen atoms in total. The van der Waals surface area contributed by atoms with Crippen LogP contribution in [0.2, 0.25) is 5.02 Å². The van der Waals surface area contributed by atoms with Gasteiger partial charge in [0.15, 0.2) is 0 Å². The molecule has 8 heteroatoms. The van der Waals surface area contributed by atoms with Crippen LogP contribution in [0.25, 0.3) is 22.6 Å². The molecular formula is C20H18ClN7. The van der Waals surface area contributed by atoms with Crippen molar-refractivity contribution in [1.82, 2.24) is 29.9 Å². The van der Waals surface area contributed by atoms with E-state index in [4.69, 9.17) is 17.3 Å². The molecule has 0 unspecified atom stereocenters. The Morgan fingerprint density at radius 1 is 0.929 bits per heavy atom. The third kappa shape index (κ3) is 3.84. The van der Waals surface area contributed by atoms with Gasteiger partial charge in [0.2, 0.25) is 5.95 Å². The zero-order chi connectivity index (χ0) is 19.5. The number of hydrogen-bond donors (Lipinski definition) is 1. The molecule has 0 bridgehead atoms. The summed E-state index contributed by atoms with van der Waals surface area (Å²) in [5.41, 5.74) is 10.5. The first-order valence-corrected chi connectivity index (χ1v) is 9.25. The van der Waals surface area contributed by atoms with E-state index >= 15 is 0 Å². The van der Waals surface area contributed by atoms with Crippen molar-refractivity contribution in [1.29, 1.82) is 0 Å². The van der Waals surface area contributed by atoms with E-state index in [2.05, 4.69) is 32.2 Å². The van der Waals surface area contributed by atoms with Gasteiger partial charge in [-0.1, -0.05) is 48.0 Å². The SMILES string of the molecule is CCc1cccc(Cn2cc(-c3cc(-c4ccccc4Cl)nc(N)n3)nn2)n1. The molecule has 0 atom stereocenters. The van der Waals surface area contributed by atoms with Gasteiger partial charge in [-0.25, -0.2) is 14.6 Å². The average Bonchev–Trinajstić information content (AvgIpc) is 3.16. The summed E-state index contributed by atoms with van der Waals surface area (Å²) in [4.78, 5) is 13.2. The maximum atomic E-state index is 6.29. The second kappa shape index (κ2) is 7.74. The molecule has 0 fully saturated rings. The number of nitrogen functional groups attached to an aromatic ring is 1. The number of aromatic nitrogens is 6. The van der Waals surface area contributed by atoms with Gasteiger partial charge in [-0.2, -0.15) is 0 Å². The van der Waals surface area contributed by atoms with Crippen LogP contribution < -0.4 is 5.73 Å². The lowest BCUT2D eigenvalue weighted by molar-refractivity contribution is 0.636. The number of halogens is 1. The highest BCUT2D eigenvalue weighted by atomic mass is 35.5. The molecule has 0 aliphatic heterocycles. The highest BCUT2D eigenvalue weighted by Gasteiger charge is 2.12. The van der Waals surface area contributed by atoms with E-state index in [1.807, 2.05) is 54.7 Å². The summed E-state index contributed by atoms with van der Waals surface area (Å²) in [6.45, 7) is 2.61. The molecule has 140 valence electrons. The van der Waals surface area contributed by atoms with Crippen molar-refractivity contribution < 1.29 is 0 Å². The molecule has 0 saturated heterocycles. The summed E-state index contributed by atoms with van der Waals surface area (Å²) < 4.78 is 1.73. The molecule has 0 saturated carbocycles. The molecule has 0 radical (unpaired) electrons. The molecule has 3 aromatic heterocycles. The molecule has 3 heterocycles. The van der Waals surface area contributed by atoms with Crippen molar-refractivity contribution in [3.8, 4) is 22.6 Å². The molecular weight excluding hydrogens is 374 g/mol. The summed E-state index contributed by atoms with van der Waals surface area (Å²) >= 11 is 6.29. The Kier molecular flexibility index (Phi) is 4.99. The zero-order valence-corrected chi connectivity index (χ0v) is 16.0. The van der Waals surface area contributed by atoms with Gasteiger partial charge in [-0.05, 0) is 30.7 Å². The van der Waals surface area contributed by atoms with Gasteiger partial charge in [-0.15, -0.1) is 5.10 Å². The van der Waals surface area contributed by atoms with Crippen molar-refractivity contribution >= 4 is 17.5 Å². The van der Waals surface area contributed by atoms with Crippen LogP contribution in [0.1, 0.15) is 18.3 Å². The first kappa shape index (κ1) is 18.1. The maximum absolute atomic E-state index is 6.29. The van der Waals surface area contributed by atoms with E-state index < -0.39 is 0 Å². The van der Waals surface area contributed by atoms with Crippen LogP contribution in [0.3, 0.4) is 0 Å². The van der Waals surface area contributed by atoms with Crippen molar-refractivity contribution in [2.75, 3.05) is 5.73 Å². The summed E-state index contributed by atoms with van der Waals surface area (Å²) in [5.74, 6) is 0.152. The van der Waals surface area contributed by atoms with E-state index in [9.17, 15) is 0 Å². The Balaban J connectivity index is 1.64. The molecule has 0 aliphatic rings. The van der Waals surface area contributed by atoms with Gasteiger partial charge < -0.3 is 5.73 Å². The molecule has 2 N–H and O–H groups in total. The topological polar surface area (TPSA) is 95.4 Å². The van der Waals surface area contributed by atoms with Gasteiger partial charge in [0.1, 0.15) is 5.69 Å². The lowest BCUT2D eigenvalue weighted by atomic mass is 10.1. The van der Waals surface area contributed by atoms with Crippen LogP contribution in [0.4, 0.5) is 5.95 Å². The van der Waals surface area contributed by atoms with E-state index in [0.29, 0.717) is 28.6 Å². The first-order valence-electron chi connectivity index (χ1n) is 8.87. The number of nitrogens with zero attached hydrogens (tertiary/aromatic N) is 6. The average molecular weight is 392 g/mol. The van der Waals surface area contributed by atoms with Crippen LogP contribution in [0, 0.1) is 0 Å². The Labute approximate surface area is 167 Å². The fourth-order valence-electron chi connectivity index (χ4n) is 2.88. The third-order valence-corrected chi connectivity index (χ3v) is 4.57. The third-order valence-electron chi connectivity index (χ3n) is 4.25. The van der Waals surface area contributed by atoms with Gasteiger partial charge >= 0.3 is 0 Å². The Bertz CT molecular complexity index is 1120. The number of rotatable bonds is 5. The Hall–Kier alpha value is -3.32. The molecule has 0 amide bonds. The molecule has 0 spiro atoms. The number of aryl methyl sites for hydroxylation is 1. The minimum atomic E-state index is 0.152. The van der Waals surface area contributed by atoms with Crippen molar-refractivity contribution in [2.45, 2.75) is 19.9 Å². The van der Waals surface area contributed by atoms with E-state index in [1.165, 1.54) is 0 Å². The van der Waals surface area contributed by atoms with Crippen LogP contribution in [-0.2, 0) is 13.0 Å². The molecule has 1 aromatic carbocycles. The molecule has 4 rings (SSSR count). The number of pyridine rings is 1. The summed E-state index contributed by atoms with van der Waals surface area (Å²) in [6, 6.07) is 15.2. The summed E-state index contributed by atoms with van der Waals surface area (Å²) in [6.07, 6.45) is 2.71. The van der Waals surface area contributed by atoms with Crippen LogP contribution >= 0.6 is 11.6 Å².